The van der Waals surface area contributed by atoms with E-state index >= 15 is 0 Å². The van der Waals surface area contributed by atoms with Crippen molar-refractivity contribution in [3.8, 4) is 0 Å². The number of amides is 5. The van der Waals surface area contributed by atoms with Crippen LogP contribution in [0.3, 0.4) is 0 Å². The number of hydrogen-bond donors (Lipinski definition) is 1. The van der Waals surface area contributed by atoms with Gasteiger partial charge in [0.2, 0.25) is 0 Å². The molecule has 9 nitrogen and oxygen atoms in total. The maximum atomic E-state index is 13.6. The molecule has 5 amide bonds. The molecule has 3 rings (SSSR count). The van der Waals surface area contributed by atoms with E-state index in [0.717, 1.165) is 19.0 Å². The number of urea groups is 1. The topological polar surface area (TPSA) is 102 Å². The van der Waals surface area contributed by atoms with E-state index in [1.807, 2.05) is 13.8 Å². The van der Waals surface area contributed by atoms with Crippen molar-refractivity contribution in [3.63, 3.8) is 0 Å². The molecule has 175 valence electrons. The Morgan fingerprint density at radius 3 is 2.25 bits per heavy atom. The average Bonchev–Trinajstić information content (AvgIpc) is 2.92. The van der Waals surface area contributed by atoms with Gasteiger partial charge < -0.3 is 4.90 Å². The van der Waals surface area contributed by atoms with Gasteiger partial charge in [0, 0.05) is 20.6 Å². The summed E-state index contributed by atoms with van der Waals surface area (Å²) < 4.78 is 40.7. The van der Waals surface area contributed by atoms with Gasteiger partial charge in [-0.05, 0) is 18.1 Å². The molecule has 0 bridgehead atoms. The van der Waals surface area contributed by atoms with Crippen LogP contribution in [0.25, 0.3) is 0 Å². The SMILES string of the molecule is CC(C)CN1C(=O)c2cccc(NN=C3C(=O)N(C)C(=O)N(C)C3C(F)(F)F)c2C1=O.[Cu+2]. The Kier molecular flexibility index (Phi) is 7.05. The first kappa shape index (κ1) is 25.3. The number of hydrogen-bond acceptors (Lipinski definition) is 6. The predicted octanol–water partition coefficient (Wildman–Crippen LogP) is 2.16. The van der Waals surface area contributed by atoms with Crippen LogP contribution in [0.5, 0.6) is 0 Å². The van der Waals surface area contributed by atoms with Crippen molar-refractivity contribution in [2.45, 2.75) is 26.1 Å². The molecule has 0 spiro atoms. The standard InChI is InChI=1S/C19H20F3N5O4.Cu/c1-9(2)8-27-15(28)10-6-5-7-11(12(10)16(27)29)23-24-13-14(19(20,21)22)25(3)18(31)26(4)17(13)30;/h5-7,9,14,23H,8H2,1-4H3;/q;+2. The molecule has 32 heavy (non-hydrogen) atoms. The van der Waals surface area contributed by atoms with Crippen molar-refractivity contribution in [2.24, 2.45) is 11.0 Å². The largest absolute Gasteiger partial charge is 2.00 e. The van der Waals surface area contributed by atoms with Crippen molar-refractivity contribution >= 4 is 35.2 Å². The van der Waals surface area contributed by atoms with Gasteiger partial charge in [0.25, 0.3) is 17.7 Å². The van der Waals surface area contributed by atoms with Crippen LogP contribution in [0.1, 0.15) is 34.6 Å². The van der Waals surface area contributed by atoms with E-state index in [1.54, 1.807) is 0 Å². The summed E-state index contributed by atoms with van der Waals surface area (Å²) in [6, 6.07) is 0.539. The third-order valence-electron chi connectivity index (χ3n) is 4.91. The zero-order valence-electron chi connectivity index (χ0n) is 17.5. The van der Waals surface area contributed by atoms with E-state index in [9.17, 15) is 32.3 Å². The molecule has 1 radical (unpaired) electrons. The van der Waals surface area contributed by atoms with Gasteiger partial charge in [-0.3, -0.25) is 29.6 Å². The van der Waals surface area contributed by atoms with E-state index in [4.69, 9.17) is 0 Å². The van der Waals surface area contributed by atoms with Crippen LogP contribution in [0.15, 0.2) is 23.3 Å². The van der Waals surface area contributed by atoms with Gasteiger partial charge in [0.05, 0.1) is 16.8 Å². The van der Waals surface area contributed by atoms with Crippen molar-refractivity contribution in [3.05, 3.63) is 29.3 Å². The van der Waals surface area contributed by atoms with Crippen molar-refractivity contribution in [2.75, 3.05) is 26.1 Å². The molecule has 2 aliphatic heterocycles. The Morgan fingerprint density at radius 1 is 1.06 bits per heavy atom. The van der Waals surface area contributed by atoms with Crippen LogP contribution in [0.2, 0.25) is 0 Å². The first-order chi connectivity index (χ1) is 14.4. The van der Waals surface area contributed by atoms with Crippen molar-refractivity contribution in [1.82, 2.24) is 14.7 Å². The summed E-state index contributed by atoms with van der Waals surface area (Å²) in [6.45, 7) is 3.83. The molecule has 13 heteroatoms. The molecular weight excluding hydrogens is 483 g/mol. The number of halogens is 3. The molecular formula is C19H20CuF3N5O4+2. The Hall–Kier alpha value is -2.92. The van der Waals surface area contributed by atoms with Gasteiger partial charge in [0.15, 0.2) is 11.8 Å². The predicted molar refractivity (Wildman–Crippen MR) is 103 cm³/mol. The Bertz CT molecular complexity index is 1010. The molecule has 1 N–H and O–H groups in total. The number of imide groups is 2. The fourth-order valence-electron chi connectivity index (χ4n) is 3.47. The molecule has 1 aromatic carbocycles. The van der Waals surface area contributed by atoms with E-state index in [1.165, 1.54) is 18.2 Å². The van der Waals surface area contributed by atoms with E-state index < -0.39 is 41.7 Å². The van der Waals surface area contributed by atoms with Gasteiger partial charge in [-0.2, -0.15) is 18.3 Å². The van der Waals surface area contributed by atoms with Gasteiger partial charge in [-0.1, -0.05) is 19.9 Å². The molecule has 1 saturated heterocycles. The summed E-state index contributed by atoms with van der Waals surface area (Å²) in [5.41, 5.74) is 1.39. The summed E-state index contributed by atoms with van der Waals surface area (Å²) in [7, 11) is 1.95. The minimum absolute atomic E-state index is 0. The number of carbonyl (C=O) groups is 4. The molecule has 1 fully saturated rings. The van der Waals surface area contributed by atoms with Crippen molar-refractivity contribution < 1.29 is 49.4 Å². The van der Waals surface area contributed by atoms with E-state index in [2.05, 4.69) is 10.5 Å². The quantitative estimate of drug-likeness (QED) is 0.386. The monoisotopic (exact) mass is 502 g/mol. The zero-order chi connectivity index (χ0) is 23.2. The first-order valence-corrected chi connectivity index (χ1v) is 9.30. The van der Waals surface area contributed by atoms with Gasteiger partial charge in [0.1, 0.15) is 0 Å². The van der Waals surface area contributed by atoms with Crippen LogP contribution in [-0.2, 0) is 21.9 Å². The van der Waals surface area contributed by atoms with Crippen molar-refractivity contribution in [1.29, 1.82) is 0 Å². The average molecular weight is 503 g/mol. The second-order valence-corrected chi connectivity index (χ2v) is 7.65. The number of fused-ring (bicyclic) bond motifs is 1. The van der Waals surface area contributed by atoms with Crippen LogP contribution in [-0.4, -0.2) is 77.0 Å². The van der Waals surface area contributed by atoms with Gasteiger partial charge >= 0.3 is 29.3 Å². The number of nitrogens with zero attached hydrogens (tertiary/aromatic N) is 4. The summed E-state index contributed by atoms with van der Waals surface area (Å²) in [6.07, 6.45) is -4.96. The second kappa shape index (κ2) is 8.91. The summed E-state index contributed by atoms with van der Waals surface area (Å²) in [5, 5.41) is 3.62. The molecule has 2 aliphatic rings. The number of hydrazone groups is 1. The van der Waals surface area contributed by atoms with E-state index in [0.29, 0.717) is 9.80 Å². The smallest absolute Gasteiger partial charge is 0.310 e. The Balaban J connectivity index is 0.00000363. The van der Waals surface area contributed by atoms with Crippen LogP contribution in [0.4, 0.5) is 23.7 Å². The minimum Gasteiger partial charge on any atom is -0.310 e. The zero-order valence-corrected chi connectivity index (χ0v) is 18.4. The Morgan fingerprint density at radius 2 is 1.69 bits per heavy atom. The molecule has 0 aromatic heterocycles. The fourth-order valence-corrected chi connectivity index (χ4v) is 3.47. The van der Waals surface area contributed by atoms with Gasteiger partial charge in [-0.15, -0.1) is 0 Å². The second-order valence-electron chi connectivity index (χ2n) is 7.65. The summed E-state index contributed by atoms with van der Waals surface area (Å²) >= 11 is 0. The summed E-state index contributed by atoms with van der Waals surface area (Å²) in [4.78, 5) is 51.5. The number of nitrogens with one attached hydrogen (secondary N) is 1. The number of anilines is 1. The number of carbonyl (C=O) groups excluding carboxylic acids is 4. The summed E-state index contributed by atoms with van der Waals surface area (Å²) in [5.74, 6) is -2.34. The molecule has 1 aromatic rings. The molecule has 1 unspecified atom stereocenters. The van der Waals surface area contributed by atoms with Gasteiger partial charge in [-0.25, -0.2) is 4.79 Å². The fraction of sp³-hybridized carbons (Fsp3) is 0.421. The third kappa shape index (κ3) is 4.22. The van der Waals surface area contributed by atoms with E-state index in [-0.39, 0.29) is 46.3 Å². The Labute approximate surface area is 192 Å². The minimum atomic E-state index is -4.96. The first-order valence-electron chi connectivity index (χ1n) is 9.30. The van der Waals surface area contributed by atoms with Crippen LogP contribution in [0, 0.1) is 5.92 Å². The normalized spacial score (nSPS) is 20.3. The maximum Gasteiger partial charge on any atom is 2.00 e. The maximum absolute atomic E-state index is 13.6. The number of benzene rings is 1. The molecule has 2 heterocycles. The third-order valence-corrected chi connectivity index (χ3v) is 4.91. The number of alkyl halides is 3. The molecule has 0 aliphatic carbocycles. The van der Waals surface area contributed by atoms with Crippen LogP contribution >= 0.6 is 0 Å². The molecule has 1 atom stereocenters. The van der Waals surface area contributed by atoms with Crippen LogP contribution < -0.4 is 5.43 Å². The number of rotatable bonds is 4. The molecule has 0 saturated carbocycles.